The van der Waals surface area contributed by atoms with Crippen molar-refractivity contribution in [3.63, 3.8) is 0 Å². The highest BCUT2D eigenvalue weighted by Gasteiger charge is 2.26. The van der Waals surface area contributed by atoms with Gasteiger partial charge in [-0.25, -0.2) is 12.7 Å². The molecule has 0 aromatic carbocycles. The molecule has 1 atom stereocenters. The molecule has 1 N–H and O–H groups in total. The Kier molecular flexibility index (Phi) is 4.21. The van der Waals surface area contributed by atoms with Crippen LogP contribution >= 0.6 is 0 Å². The highest BCUT2D eigenvalue weighted by Crippen LogP contribution is 2.18. The Hall–Kier alpha value is -0.130. The van der Waals surface area contributed by atoms with E-state index in [0.717, 1.165) is 45.4 Å². The molecule has 2 rings (SSSR count). The zero-order valence-corrected chi connectivity index (χ0v) is 10.6. The predicted molar refractivity (Wildman–Crippen MR) is 64.8 cm³/mol. The fourth-order valence-electron chi connectivity index (χ4n) is 2.59. The number of piperidine rings is 1. The summed E-state index contributed by atoms with van der Waals surface area (Å²) < 4.78 is 25.2. The maximum atomic E-state index is 11.8. The molecule has 16 heavy (non-hydrogen) atoms. The van der Waals surface area contributed by atoms with Gasteiger partial charge in [-0.15, -0.1) is 0 Å². The van der Waals surface area contributed by atoms with Crippen molar-refractivity contribution in [2.45, 2.75) is 32.1 Å². The lowest BCUT2D eigenvalue weighted by atomic mass is 9.96. The Morgan fingerprint density at radius 2 is 2.12 bits per heavy atom. The van der Waals surface area contributed by atoms with Gasteiger partial charge < -0.3 is 5.32 Å². The van der Waals surface area contributed by atoms with E-state index in [0.29, 0.717) is 11.7 Å². The van der Waals surface area contributed by atoms with Crippen LogP contribution in [-0.4, -0.2) is 44.7 Å². The number of nitrogens with one attached hydrogen (secondary N) is 1. The number of sulfonamides is 1. The molecule has 2 aliphatic rings. The highest BCUT2D eigenvalue weighted by molar-refractivity contribution is 7.89. The molecule has 0 aromatic heterocycles. The van der Waals surface area contributed by atoms with Crippen LogP contribution in [0.1, 0.15) is 32.1 Å². The summed E-state index contributed by atoms with van der Waals surface area (Å²) in [5.41, 5.74) is 0. The van der Waals surface area contributed by atoms with Gasteiger partial charge in [-0.3, -0.25) is 0 Å². The van der Waals surface area contributed by atoms with Gasteiger partial charge in [0.05, 0.1) is 5.75 Å². The van der Waals surface area contributed by atoms with Crippen LogP contribution in [0.4, 0.5) is 0 Å². The van der Waals surface area contributed by atoms with Crippen molar-refractivity contribution in [1.82, 2.24) is 9.62 Å². The van der Waals surface area contributed by atoms with Gasteiger partial charge in [0, 0.05) is 13.1 Å². The van der Waals surface area contributed by atoms with Crippen molar-refractivity contribution in [2.24, 2.45) is 5.92 Å². The largest absolute Gasteiger partial charge is 0.316 e. The number of nitrogens with zero attached hydrogens (tertiary/aromatic N) is 1. The van der Waals surface area contributed by atoms with Gasteiger partial charge in [0.15, 0.2) is 0 Å². The van der Waals surface area contributed by atoms with Gasteiger partial charge in [0.1, 0.15) is 0 Å². The summed E-state index contributed by atoms with van der Waals surface area (Å²) in [7, 11) is -2.91. The molecule has 0 amide bonds. The maximum absolute atomic E-state index is 11.8. The zero-order valence-electron chi connectivity index (χ0n) is 9.82. The van der Waals surface area contributed by atoms with Gasteiger partial charge in [-0.05, 0) is 51.1 Å². The summed E-state index contributed by atoms with van der Waals surface area (Å²) in [6, 6.07) is 0. The fraction of sp³-hybridized carbons (Fsp3) is 1.00. The first kappa shape index (κ1) is 12.3. The van der Waals surface area contributed by atoms with Crippen molar-refractivity contribution in [1.29, 1.82) is 0 Å². The minimum absolute atomic E-state index is 0.357. The van der Waals surface area contributed by atoms with Crippen LogP contribution in [0.15, 0.2) is 0 Å². The average Bonchev–Trinajstić information content (AvgIpc) is 2.28. The minimum atomic E-state index is -2.91. The van der Waals surface area contributed by atoms with Gasteiger partial charge in [-0.2, -0.15) is 0 Å². The average molecular weight is 246 g/mol. The third kappa shape index (κ3) is 3.18. The fourth-order valence-corrected chi connectivity index (χ4v) is 4.21. The number of rotatable bonds is 3. The minimum Gasteiger partial charge on any atom is -0.316 e. The van der Waals surface area contributed by atoms with E-state index >= 15 is 0 Å². The molecule has 0 aliphatic carbocycles. The molecule has 1 unspecified atom stereocenters. The van der Waals surface area contributed by atoms with E-state index in [2.05, 4.69) is 5.32 Å². The van der Waals surface area contributed by atoms with E-state index in [1.807, 2.05) is 0 Å². The molecule has 2 saturated heterocycles. The van der Waals surface area contributed by atoms with Crippen LogP contribution in [0.2, 0.25) is 0 Å². The van der Waals surface area contributed by atoms with Crippen molar-refractivity contribution < 1.29 is 8.42 Å². The SMILES string of the molecule is O=S1(=O)CCCCN1CCC1CCCNC1. The predicted octanol–water partition coefficient (Wildman–Crippen LogP) is 0.802. The Morgan fingerprint density at radius 1 is 1.25 bits per heavy atom. The molecular formula is C11H22N2O2S. The van der Waals surface area contributed by atoms with Crippen LogP contribution in [0.3, 0.4) is 0 Å². The lowest BCUT2D eigenvalue weighted by Crippen LogP contribution is -2.40. The van der Waals surface area contributed by atoms with E-state index in [-0.39, 0.29) is 0 Å². The van der Waals surface area contributed by atoms with Gasteiger partial charge in [-0.1, -0.05) is 0 Å². The third-order valence-corrected chi connectivity index (χ3v) is 5.60. The molecule has 0 bridgehead atoms. The molecule has 0 spiro atoms. The second-order valence-corrected chi connectivity index (χ2v) is 7.01. The topological polar surface area (TPSA) is 49.4 Å². The smallest absolute Gasteiger partial charge is 0.214 e. The van der Waals surface area contributed by atoms with Gasteiger partial charge in [0.2, 0.25) is 10.0 Å². The maximum Gasteiger partial charge on any atom is 0.214 e. The van der Waals surface area contributed by atoms with Crippen molar-refractivity contribution in [3.8, 4) is 0 Å². The standard InChI is InChI=1S/C11H22N2O2S/c14-16(15)9-2-1-7-13(16)8-5-11-4-3-6-12-10-11/h11-12H,1-10H2. The van der Waals surface area contributed by atoms with Crippen molar-refractivity contribution in [3.05, 3.63) is 0 Å². The molecule has 0 radical (unpaired) electrons. The van der Waals surface area contributed by atoms with Crippen LogP contribution < -0.4 is 5.32 Å². The zero-order chi connectivity index (χ0) is 11.4. The van der Waals surface area contributed by atoms with Crippen LogP contribution in [0.5, 0.6) is 0 Å². The number of hydrogen-bond donors (Lipinski definition) is 1. The molecule has 2 aliphatic heterocycles. The third-order valence-electron chi connectivity index (χ3n) is 3.64. The van der Waals surface area contributed by atoms with E-state index < -0.39 is 10.0 Å². The molecule has 2 fully saturated rings. The van der Waals surface area contributed by atoms with Crippen LogP contribution in [0.25, 0.3) is 0 Å². The molecule has 4 nitrogen and oxygen atoms in total. The van der Waals surface area contributed by atoms with Crippen LogP contribution in [0, 0.1) is 5.92 Å². The summed E-state index contributed by atoms with van der Waals surface area (Å²) >= 11 is 0. The van der Waals surface area contributed by atoms with E-state index in [4.69, 9.17) is 0 Å². The summed E-state index contributed by atoms with van der Waals surface area (Å²) in [6.45, 7) is 3.66. The first-order chi connectivity index (χ1) is 7.68. The van der Waals surface area contributed by atoms with E-state index in [1.54, 1.807) is 4.31 Å². The van der Waals surface area contributed by atoms with Crippen molar-refractivity contribution >= 4 is 10.0 Å². The molecule has 0 aromatic rings. The second-order valence-electron chi connectivity index (χ2n) is 4.92. The number of hydrogen-bond acceptors (Lipinski definition) is 3. The van der Waals surface area contributed by atoms with E-state index in [9.17, 15) is 8.42 Å². The Morgan fingerprint density at radius 3 is 2.81 bits per heavy atom. The van der Waals surface area contributed by atoms with Crippen LogP contribution in [-0.2, 0) is 10.0 Å². The Labute approximate surface area is 98.4 Å². The second kappa shape index (κ2) is 5.47. The molecular weight excluding hydrogens is 224 g/mol. The van der Waals surface area contributed by atoms with Crippen molar-refractivity contribution in [2.75, 3.05) is 31.9 Å². The normalized spacial score (nSPS) is 31.4. The first-order valence-corrected chi connectivity index (χ1v) is 7.98. The van der Waals surface area contributed by atoms with Gasteiger partial charge >= 0.3 is 0 Å². The summed E-state index contributed by atoms with van der Waals surface area (Å²) in [5.74, 6) is 1.03. The highest BCUT2D eigenvalue weighted by atomic mass is 32.2. The molecule has 0 saturated carbocycles. The van der Waals surface area contributed by atoms with Gasteiger partial charge in [0.25, 0.3) is 0 Å². The Bertz CT molecular complexity index is 310. The summed E-state index contributed by atoms with van der Waals surface area (Å²) in [6.07, 6.45) is 5.37. The Balaban J connectivity index is 1.79. The molecule has 2 heterocycles. The quantitative estimate of drug-likeness (QED) is 0.801. The summed E-state index contributed by atoms with van der Waals surface area (Å²) in [4.78, 5) is 0. The lowest BCUT2D eigenvalue weighted by Gasteiger charge is -2.29. The first-order valence-electron chi connectivity index (χ1n) is 6.37. The lowest BCUT2D eigenvalue weighted by molar-refractivity contribution is 0.305. The monoisotopic (exact) mass is 246 g/mol. The molecule has 94 valence electrons. The van der Waals surface area contributed by atoms with E-state index in [1.165, 1.54) is 12.8 Å². The summed E-state index contributed by atoms with van der Waals surface area (Å²) in [5, 5.41) is 3.38. The molecule has 5 heteroatoms.